The number of rotatable bonds is 4. The van der Waals surface area contributed by atoms with Crippen LogP contribution in [0.15, 0.2) is 54.6 Å². The lowest BCUT2D eigenvalue weighted by Gasteiger charge is -2.16. The van der Waals surface area contributed by atoms with Crippen molar-refractivity contribution >= 4 is 22.9 Å². The first-order valence-electron chi connectivity index (χ1n) is 8.35. The van der Waals surface area contributed by atoms with Crippen LogP contribution in [0.5, 0.6) is 11.5 Å². The number of hydrogen-bond acceptors (Lipinski definition) is 4. The standard InChI is InChI=1S/C20H14F3NO3S/c21-20(22,23)11-27-16-8-4-2-6-14(16)24-19(25)17-9-12-10-26-15-7-3-1-5-13(15)18(12)28-17/h1-9H,10-11H2,(H,24,25). The fourth-order valence-corrected chi connectivity index (χ4v) is 3.94. The molecule has 144 valence electrons. The number of thiophene rings is 1. The zero-order valence-electron chi connectivity index (χ0n) is 14.4. The molecule has 1 amide bonds. The number of carbonyl (C=O) groups excluding carboxylic acids is 1. The van der Waals surface area contributed by atoms with E-state index < -0.39 is 18.7 Å². The molecule has 0 radical (unpaired) electrons. The Morgan fingerprint density at radius 1 is 1.14 bits per heavy atom. The van der Waals surface area contributed by atoms with Gasteiger partial charge in [0.25, 0.3) is 5.91 Å². The maximum Gasteiger partial charge on any atom is 0.422 e. The van der Waals surface area contributed by atoms with Crippen LogP contribution in [0.2, 0.25) is 0 Å². The molecule has 0 unspecified atom stereocenters. The van der Waals surface area contributed by atoms with Gasteiger partial charge in [-0.2, -0.15) is 13.2 Å². The van der Waals surface area contributed by atoms with E-state index in [2.05, 4.69) is 5.32 Å². The van der Waals surface area contributed by atoms with E-state index >= 15 is 0 Å². The van der Waals surface area contributed by atoms with Gasteiger partial charge < -0.3 is 14.8 Å². The van der Waals surface area contributed by atoms with Crippen LogP contribution in [0, 0.1) is 0 Å². The molecule has 0 spiro atoms. The van der Waals surface area contributed by atoms with Crippen molar-refractivity contribution in [3.63, 3.8) is 0 Å². The summed E-state index contributed by atoms with van der Waals surface area (Å²) < 4.78 is 47.8. The van der Waals surface area contributed by atoms with Crippen molar-refractivity contribution in [1.29, 1.82) is 0 Å². The van der Waals surface area contributed by atoms with Gasteiger partial charge >= 0.3 is 6.18 Å². The van der Waals surface area contributed by atoms with Crippen LogP contribution in [0.4, 0.5) is 18.9 Å². The number of nitrogens with one attached hydrogen (secondary N) is 1. The van der Waals surface area contributed by atoms with Crippen molar-refractivity contribution in [3.8, 4) is 21.9 Å². The van der Waals surface area contributed by atoms with Gasteiger partial charge in [-0.15, -0.1) is 11.3 Å². The Morgan fingerprint density at radius 2 is 1.89 bits per heavy atom. The van der Waals surface area contributed by atoms with E-state index in [-0.39, 0.29) is 11.4 Å². The molecule has 1 aliphatic heterocycles. The molecular weight excluding hydrogens is 391 g/mol. The van der Waals surface area contributed by atoms with Crippen LogP contribution in [-0.2, 0) is 6.61 Å². The number of alkyl halides is 3. The number of amides is 1. The number of benzene rings is 2. The lowest BCUT2D eigenvalue weighted by molar-refractivity contribution is -0.153. The Labute approximate surface area is 162 Å². The van der Waals surface area contributed by atoms with Crippen LogP contribution >= 0.6 is 11.3 Å². The Morgan fingerprint density at radius 3 is 2.71 bits per heavy atom. The number of fused-ring (bicyclic) bond motifs is 3. The normalized spacial score (nSPS) is 12.5. The zero-order valence-corrected chi connectivity index (χ0v) is 15.2. The summed E-state index contributed by atoms with van der Waals surface area (Å²) in [5.74, 6) is 0.304. The fourth-order valence-electron chi connectivity index (χ4n) is 2.85. The topological polar surface area (TPSA) is 47.6 Å². The molecule has 0 aliphatic carbocycles. The second-order valence-electron chi connectivity index (χ2n) is 6.10. The number of ether oxygens (including phenoxy) is 2. The van der Waals surface area contributed by atoms with Gasteiger partial charge in [0.2, 0.25) is 0 Å². The van der Waals surface area contributed by atoms with E-state index in [1.165, 1.54) is 23.5 Å². The summed E-state index contributed by atoms with van der Waals surface area (Å²) in [5.41, 5.74) is 2.00. The molecule has 1 aliphatic rings. The molecule has 3 aromatic rings. The van der Waals surface area contributed by atoms with Crippen molar-refractivity contribution in [2.24, 2.45) is 0 Å². The number of para-hydroxylation sites is 3. The van der Waals surface area contributed by atoms with Crippen molar-refractivity contribution in [1.82, 2.24) is 0 Å². The second kappa shape index (κ2) is 7.20. The molecule has 2 heterocycles. The van der Waals surface area contributed by atoms with Crippen LogP contribution in [-0.4, -0.2) is 18.7 Å². The summed E-state index contributed by atoms with van der Waals surface area (Å²) >= 11 is 1.32. The molecular formula is C20H14F3NO3S. The van der Waals surface area contributed by atoms with Crippen LogP contribution < -0.4 is 14.8 Å². The Kier molecular flexibility index (Phi) is 4.72. The third-order valence-electron chi connectivity index (χ3n) is 4.07. The summed E-state index contributed by atoms with van der Waals surface area (Å²) in [5, 5.41) is 2.63. The minimum atomic E-state index is -4.46. The SMILES string of the molecule is O=C(Nc1ccccc1OCC(F)(F)F)c1cc2c(s1)-c1ccccc1OC2. The van der Waals surface area contributed by atoms with E-state index in [4.69, 9.17) is 9.47 Å². The molecule has 0 fully saturated rings. The summed E-state index contributed by atoms with van der Waals surface area (Å²) in [6.07, 6.45) is -4.46. The molecule has 4 rings (SSSR count). The van der Waals surface area contributed by atoms with E-state index in [0.29, 0.717) is 11.5 Å². The van der Waals surface area contributed by atoms with E-state index in [9.17, 15) is 18.0 Å². The van der Waals surface area contributed by atoms with E-state index in [1.54, 1.807) is 18.2 Å². The minimum Gasteiger partial charge on any atom is -0.488 e. The number of anilines is 1. The van der Waals surface area contributed by atoms with Gasteiger partial charge in [0, 0.05) is 16.0 Å². The van der Waals surface area contributed by atoms with Crippen molar-refractivity contribution in [2.45, 2.75) is 12.8 Å². The van der Waals surface area contributed by atoms with Gasteiger partial charge in [-0.25, -0.2) is 0 Å². The van der Waals surface area contributed by atoms with E-state index in [0.717, 1.165) is 21.8 Å². The Balaban J connectivity index is 1.56. The quantitative estimate of drug-likeness (QED) is 0.623. The molecule has 28 heavy (non-hydrogen) atoms. The largest absolute Gasteiger partial charge is 0.488 e. The third kappa shape index (κ3) is 3.82. The monoisotopic (exact) mass is 405 g/mol. The maximum atomic E-state index is 12.7. The van der Waals surface area contributed by atoms with Gasteiger partial charge in [0.05, 0.1) is 10.6 Å². The smallest absolute Gasteiger partial charge is 0.422 e. The molecule has 1 N–H and O–H groups in total. The van der Waals surface area contributed by atoms with E-state index in [1.807, 2.05) is 24.3 Å². The number of carbonyl (C=O) groups is 1. The molecule has 0 saturated carbocycles. The van der Waals surface area contributed by atoms with Gasteiger partial charge in [-0.3, -0.25) is 4.79 Å². The maximum absolute atomic E-state index is 12.7. The zero-order chi connectivity index (χ0) is 19.7. The highest BCUT2D eigenvalue weighted by Crippen LogP contribution is 2.42. The van der Waals surface area contributed by atoms with Crippen LogP contribution in [0.1, 0.15) is 15.2 Å². The molecule has 8 heteroatoms. The van der Waals surface area contributed by atoms with Crippen molar-refractivity contribution < 1.29 is 27.4 Å². The van der Waals surface area contributed by atoms with Crippen molar-refractivity contribution in [2.75, 3.05) is 11.9 Å². The highest BCUT2D eigenvalue weighted by molar-refractivity contribution is 7.17. The summed E-state index contributed by atoms with van der Waals surface area (Å²) in [7, 11) is 0. The predicted octanol–water partition coefficient (Wildman–Crippen LogP) is 5.50. The summed E-state index contributed by atoms with van der Waals surface area (Å²) in [6.45, 7) is -1.07. The van der Waals surface area contributed by atoms with Gasteiger partial charge in [0.15, 0.2) is 6.61 Å². The fraction of sp³-hybridized carbons (Fsp3) is 0.150. The lowest BCUT2D eigenvalue weighted by atomic mass is 10.1. The third-order valence-corrected chi connectivity index (χ3v) is 5.28. The predicted molar refractivity (Wildman–Crippen MR) is 100 cm³/mol. The lowest BCUT2D eigenvalue weighted by Crippen LogP contribution is -2.20. The highest BCUT2D eigenvalue weighted by Gasteiger charge is 2.29. The Hall–Kier alpha value is -3.00. The first-order chi connectivity index (χ1) is 13.4. The van der Waals surface area contributed by atoms with Crippen LogP contribution in [0.25, 0.3) is 10.4 Å². The molecule has 4 nitrogen and oxygen atoms in total. The molecule has 1 aromatic heterocycles. The first kappa shape index (κ1) is 18.4. The Bertz CT molecular complexity index is 1030. The number of hydrogen-bond donors (Lipinski definition) is 1. The van der Waals surface area contributed by atoms with Gasteiger partial charge in [0.1, 0.15) is 18.1 Å². The first-order valence-corrected chi connectivity index (χ1v) is 9.17. The molecule has 0 saturated heterocycles. The highest BCUT2D eigenvalue weighted by atomic mass is 32.1. The van der Waals surface area contributed by atoms with Crippen molar-refractivity contribution in [3.05, 3.63) is 65.0 Å². The van der Waals surface area contributed by atoms with Gasteiger partial charge in [-0.1, -0.05) is 24.3 Å². The van der Waals surface area contributed by atoms with Gasteiger partial charge in [-0.05, 0) is 30.3 Å². The average Bonchev–Trinajstić information content (AvgIpc) is 3.12. The molecule has 0 atom stereocenters. The summed E-state index contributed by atoms with van der Waals surface area (Å²) in [6, 6.07) is 15.3. The molecule has 2 aromatic carbocycles. The molecule has 0 bridgehead atoms. The average molecular weight is 405 g/mol. The summed E-state index contributed by atoms with van der Waals surface area (Å²) in [4.78, 5) is 14.1. The number of halogens is 3. The van der Waals surface area contributed by atoms with Crippen LogP contribution in [0.3, 0.4) is 0 Å². The second-order valence-corrected chi connectivity index (χ2v) is 7.16. The minimum absolute atomic E-state index is 0.0387.